The van der Waals surface area contributed by atoms with Crippen molar-refractivity contribution < 1.29 is 33.4 Å². The minimum atomic E-state index is -0.673. The lowest BCUT2D eigenvalue weighted by Crippen LogP contribution is -2.28. The molecular weight excluding hydrogens is 713 g/mol. The van der Waals surface area contributed by atoms with Gasteiger partial charge in [0.25, 0.3) is 0 Å². The number of carbonyl (C=O) groups is 4. The molecule has 0 saturated carbocycles. The summed E-state index contributed by atoms with van der Waals surface area (Å²) in [5.41, 5.74) is 9.57. The van der Waals surface area contributed by atoms with Gasteiger partial charge in [0.15, 0.2) is 0 Å². The molecule has 0 N–H and O–H groups in total. The van der Waals surface area contributed by atoms with Gasteiger partial charge in [0.1, 0.15) is 11.5 Å². The van der Waals surface area contributed by atoms with E-state index in [9.17, 15) is 19.2 Å². The minimum absolute atomic E-state index is 0.198. The summed E-state index contributed by atoms with van der Waals surface area (Å²) in [5, 5.41) is 4.23. The molecule has 8 aromatic carbocycles. The fraction of sp³-hybridized carbons (Fsp3) is 0.0400. The Labute approximate surface area is 325 Å². The predicted molar refractivity (Wildman–Crippen MR) is 214 cm³/mol. The molecule has 0 bridgehead atoms. The van der Waals surface area contributed by atoms with E-state index in [2.05, 4.69) is 103 Å². The largest absolute Gasteiger partial charge is 0.457 e. The Kier molecular flexibility index (Phi) is 7.00. The summed E-state index contributed by atoms with van der Waals surface area (Å²) in [6, 6.07) is 53.1. The van der Waals surface area contributed by atoms with Crippen LogP contribution in [0.1, 0.15) is 74.8 Å². The number of esters is 4. The van der Waals surface area contributed by atoms with E-state index in [-0.39, 0.29) is 11.1 Å². The van der Waals surface area contributed by atoms with Gasteiger partial charge in [-0.2, -0.15) is 0 Å². The van der Waals surface area contributed by atoms with Gasteiger partial charge in [-0.1, -0.05) is 103 Å². The second kappa shape index (κ2) is 12.2. The van der Waals surface area contributed by atoms with Gasteiger partial charge in [0, 0.05) is 0 Å². The number of rotatable bonds is 6. The maximum Gasteiger partial charge on any atom is 0.347 e. The molecule has 0 radical (unpaired) electrons. The first kappa shape index (κ1) is 32.8. The summed E-state index contributed by atoms with van der Waals surface area (Å²) >= 11 is 0. The van der Waals surface area contributed by atoms with E-state index in [1.807, 2.05) is 24.3 Å². The number of benzene rings is 8. The van der Waals surface area contributed by atoms with E-state index < -0.39 is 29.3 Å². The maximum atomic E-state index is 12.2. The lowest BCUT2D eigenvalue weighted by molar-refractivity contribution is 0.0425. The summed E-state index contributed by atoms with van der Waals surface area (Å²) in [6.45, 7) is 0. The van der Waals surface area contributed by atoms with Crippen molar-refractivity contribution in [2.24, 2.45) is 0 Å². The molecule has 8 aromatic rings. The molecule has 0 unspecified atom stereocenters. The number of carbonyl (C=O) groups excluding carboxylic acids is 4. The van der Waals surface area contributed by atoms with Crippen molar-refractivity contribution >= 4 is 45.4 Å². The Morgan fingerprint density at radius 2 is 0.842 bits per heavy atom. The summed E-state index contributed by atoms with van der Waals surface area (Å²) in [5.74, 6) is -1.48. The van der Waals surface area contributed by atoms with Gasteiger partial charge >= 0.3 is 23.9 Å². The van der Waals surface area contributed by atoms with Crippen LogP contribution in [-0.4, -0.2) is 23.9 Å². The highest BCUT2D eigenvalue weighted by molar-refractivity contribution is 6.15. The number of cyclic esters (lactones) is 4. The van der Waals surface area contributed by atoms with Gasteiger partial charge in [-0.25, -0.2) is 19.2 Å². The van der Waals surface area contributed by atoms with Crippen LogP contribution in [0, 0.1) is 0 Å². The van der Waals surface area contributed by atoms with Crippen molar-refractivity contribution in [3.63, 3.8) is 0 Å². The molecule has 2 aliphatic heterocycles. The van der Waals surface area contributed by atoms with Gasteiger partial charge in [-0.15, -0.1) is 0 Å². The second-order valence-corrected chi connectivity index (χ2v) is 14.7. The van der Waals surface area contributed by atoms with E-state index in [1.165, 1.54) is 28.3 Å². The SMILES string of the molecule is O=C1OC(=O)c2cc(Cc3ccc4cc(C5(c6ccc7cc(Oc8ccc9c(c8)C(=O)OC9=O)ccc7c6)c6ccccc6-c6ccccc65)ccc4c3)ccc21. The van der Waals surface area contributed by atoms with Crippen molar-refractivity contribution in [2.45, 2.75) is 11.8 Å². The van der Waals surface area contributed by atoms with E-state index in [0.29, 0.717) is 29.0 Å². The molecule has 2 heterocycles. The molecule has 11 rings (SSSR count). The lowest BCUT2D eigenvalue weighted by Gasteiger charge is -2.34. The van der Waals surface area contributed by atoms with Crippen molar-refractivity contribution in [1.29, 1.82) is 0 Å². The van der Waals surface area contributed by atoms with Crippen LogP contribution < -0.4 is 4.74 Å². The number of hydrogen-bond acceptors (Lipinski definition) is 7. The van der Waals surface area contributed by atoms with E-state index in [1.54, 1.807) is 24.3 Å². The topological polar surface area (TPSA) is 96.0 Å². The van der Waals surface area contributed by atoms with Crippen LogP contribution in [0.4, 0.5) is 0 Å². The number of fused-ring (bicyclic) bond motifs is 7. The van der Waals surface area contributed by atoms with Crippen LogP contribution in [0.2, 0.25) is 0 Å². The van der Waals surface area contributed by atoms with Gasteiger partial charge < -0.3 is 14.2 Å². The van der Waals surface area contributed by atoms with Crippen LogP contribution >= 0.6 is 0 Å². The van der Waals surface area contributed by atoms with Crippen molar-refractivity contribution in [2.75, 3.05) is 0 Å². The van der Waals surface area contributed by atoms with Gasteiger partial charge in [-0.3, -0.25) is 0 Å². The highest BCUT2D eigenvalue weighted by Crippen LogP contribution is 2.56. The second-order valence-electron chi connectivity index (χ2n) is 14.7. The van der Waals surface area contributed by atoms with Crippen molar-refractivity contribution in [3.8, 4) is 22.6 Å². The van der Waals surface area contributed by atoms with Crippen LogP contribution in [0.25, 0.3) is 32.7 Å². The molecule has 0 atom stereocenters. The third kappa shape index (κ3) is 4.99. The maximum absolute atomic E-state index is 12.2. The first-order valence-electron chi connectivity index (χ1n) is 18.6. The fourth-order valence-corrected chi connectivity index (χ4v) is 8.92. The Morgan fingerprint density at radius 3 is 1.51 bits per heavy atom. The third-order valence-corrected chi connectivity index (χ3v) is 11.5. The van der Waals surface area contributed by atoms with Crippen molar-refractivity contribution in [3.05, 3.63) is 213 Å². The normalized spacial score (nSPS) is 14.6. The monoisotopic (exact) mass is 740 g/mol. The lowest BCUT2D eigenvalue weighted by atomic mass is 9.67. The quantitative estimate of drug-likeness (QED) is 0.124. The molecule has 0 amide bonds. The molecule has 7 nitrogen and oxygen atoms in total. The highest BCUT2D eigenvalue weighted by atomic mass is 16.6. The minimum Gasteiger partial charge on any atom is -0.457 e. The highest BCUT2D eigenvalue weighted by Gasteiger charge is 2.46. The van der Waals surface area contributed by atoms with Crippen LogP contribution in [0.3, 0.4) is 0 Å². The molecule has 270 valence electrons. The Morgan fingerprint density at radius 1 is 0.386 bits per heavy atom. The molecule has 57 heavy (non-hydrogen) atoms. The molecule has 0 aromatic heterocycles. The zero-order valence-corrected chi connectivity index (χ0v) is 30.1. The van der Waals surface area contributed by atoms with E-state index in [0.717, 1.165) is 43.8 Å². The molecule has 3 aliphatic rings. The Hall–Kier alpha value is -7.64. The number of ether oxygens (including phenoxy) is 3. The molecule has 0 spiro atoms. The van der Waals surface area contributed by atoms with Crippen molar-refractivity contribution in [1.82, 2.24) is 0 Å². The summed E-state index contributed by atoms with van der Waals surface area (Å²) in [4.78, 5) is 48.2. The predicted octanol–water partition coefficient (Wildman–Crippen LogP) is 10.4. The Bertz CT molecular complexity index is 2910. The number of hydrogen-bond donors (Lipinski definition) is 0. The molecule has 0 fully saturated rings. The zero-order valence-electron chi connectivity index (χ0n) is 30.1. The Balaban J connectivity index is 0.994. The standard InChI is InChI=1S/C50H28O7/c51-46-40-19-10-29(23-42(40)48(53)56-46)21-28-9-11-31-24-34(15-12-30(31)22-28)50(44-7-3-1-5-38(44)39-6-2-4-8-45(39)50)35-16-13-33-26-36(17-14-32(33)25-35)55-37-18-20-41-43(27-37)49(54)57-47(41)52/h1-20,22-27H,21H2. The fourth-order valence-electron chi connectivity index (χ4n) is 8.92. The zero-order chi connectivity index (χ0) is 38.4. The summed E-state index contributed by atoms with van der Waals surface area (Å²) in [7, 11) is 0. The first-order valence-corrected chi connectivity index (χ1v) is 18.6. The van der Waals surface area contributed by atoms with Gasteiger partial charge in [0.2, 0.25) is 0 Å². The van der Waals surface area contributed by atoms with Crippen LogP contribution in [0.15, 0.2) is 158 Å². The molecule has 0 saturated heterocycles. The van der Waals surface area contributed by atoms with E-state index >= 15 is 0 Å². The molecule has 7 heteroatoms. The average Bonchev–Trinajstić information content (AvgIpc) is 3.81. The smallest absolute Gasteiger partial charge is 0.347 e. The van der Waals surface area contributed by atoms with Gasteiger partial charge in [0.05, 0.1) is 27.7 Å². The van der Waals surface area contributed by atoms with Crippen LogP contribution in [0.5, 0.6) is 11.5 Å². The summed E-state index contributed by atoms with van der Waals surface area (Å²) < 4.78 is 15.7. The van der Waals surface area contributed by atoms with Crippen LogP contribution in [-0.2, 0) is 21.3 Å². The average molecular weight is 741 g/mol. The molecule has 1 aliphatic carbocycles. The first-order chi connectivity index (χ1) is 27.8. The molecular formula is C50H28O7. The third-order valence-electron chi connectivity index (χ3n) is 11.5. The van der Waals surface area contributed by atoms with E-state index in [4.69, 9.17) is 14.2 Å². The van der Waals surface area contributed by atoms with Gasteiger partial charge in [-0.05, 0) is 127 Å². The summed E-state index contributed by atoms with van der Waals surface area (Å²) in [6.07, 6.45) is 0.601.